The molecule has 0 aromatic rings. The summed E-state index contributed by atoms with van der Waals surface area (Å²) in [6.45, 7) is 3.17. The highest BCUT2D eigenvalue weighted by Crippen LogP contribution is 2.10. The highest BCUT2D eigenvalue weighted by atomic mass is 32.1. The van der Waals surface area contributed by atoms with Gasteiger partial charge in [-0.3, -0.25) is 10.0 Å². The van der Waals surface area contributed by atoms with Crippen LogP contribution in [0.15, 0.2) is 0 Å². The van der Waals surface area contributed by atoms with Crippen molar-refractivity contribution >= 4 is 18.5 Å². The Hall–Kier alpha value is -0.220. The predicted octanol–water partition coefficient (Wildman–Crippen LogP) is 0.200. The van der Waals surface area contributed by atoms with E-state index in [1.54, 1.807) is 13.8 Å². The van der Waals surface area contributed by atoms with Gasteiger partial charge in [-0.15, -0.1) is 0 Å². The summed E-state index contributed by atoms with van der Waals surface area (Å²) in [7, 11) is 0. The minimum Gasteiger partial charge on any atom is -0.289 e. The van der Waals surface area contributed by atoms with Gasteiger partial charge < -0.3 is 0 Å². The molecule has 0 aromatic heterocycles. The lowest BCUT2D eigenvalue weighted by atomic mass is 10.2. The van der Waals surface area contributed by atoms with E-state index in [1.165, 1.54) is 5.48 Å². The Balaban J connectivity index is 3.82. The fourth-order valence-corrected chi connectivity index (χ4v) is 0.187. The number of hydrogen-bond acceptors (Lipinski definition) is 3. The maximum absolute atomic E-state index is 10.4. The maximum atomic E-state index is 10.4. The van der Waals surface area contributed by atoms with Crippen molar-refractivity contribution in [1.29, 1.82) is 0 Å². The number of amides is 1. The topological polar surface area (TPSA) is 49.3 Å². The molecular formula is C4H9NO2S. The van der Waals surface area contributed by atoms with E-state index in [-0.39, 0.29) is 0 Å². The number of rotatable bonds is 1. The molecule has 0 bridgehead atoms. The van der Waals surface area contributed by atoms with Crippen molar-refractivity contribution in [1.82, 2.24) is 5.48 Å². The monoisotopic (exact) mass is 135 g/mol. The first kappa shape index (κ1) is 7.78. The number of hydrogen-bond donors (Lipinski definition) is 3. The molecule has 48 valence electrons. The van der Waals surface area contributed by atoms with Crippen molar-refractivity contribution in [3.8, 4) is 0 Å². The van der Waals surface area contributed by atoms with E-state index in [1.807, 2.05) is 0 Å². The fraction of sp³-hybridized carbons (Fsp3) is 0.750. The van der Waals surface area contributed by atoms with E-state index in [2.05, 4.69) is 12.6 Å². The van der Waals surface area contributed by atoms with Gasteiger partial charge in [0.1, 0.15) is 0 Å². The molecule has 4 heteroatoms. The summed E-state index contributed by atoms with van der Waals surface area (Å²) >= 11 is 3.86. The van der Waals surface area contributed by atoms with Crippen molar-refractivity contribution in [2.24, 2.45) is 0 Å². The average Bonchev–Trinajstić information content (AvgIpc) is 1.62. The van der Waals surface area contributed by atoms with E-state index in [4.69, 9.17) is 5.21 Å². The summed E-state index contributed by atoms with van der Waals surface area (Å²) in [4.78, 5) is 10.4. The molecule has 8 heavy (non-hydrogen) atoms. The Morgan fingerprint density at radius 1 is 1.75 bits per heavy atom. The fourth-order valence-electron chi connectivity index (χ4n) is 0.137. The third-order valence-electron chi connectivity index (χ3n) is 0.657. The zero-order chi connectivity index (χ0) is 6.78. The quantitative estimate of drug-likeness (QED) is 0.273. The molecule has 0 atom stereocenters. The molecule has 0 rings (SSSR count). The first-order chi connectivity index (χ1) is 3.48. The van der Waals surface area contributed by atoms with Crippen molar-refractivity contribution < 1.29 is 10.0 Å². The van der Waals surface area contributed by atoms with Crippen LogP contribution >= 0.6 is 12.6 Å². The molecule has 0 spiro atoms. The highest BCUT2D eigenvalue weighted by Gasteiger charge is 2.20. The van der Waals surface area contributed by atoms with Gasteiger partial charge in [0, 0.05) is 0 Å². The minimum absolute atomic E-state index is 0.499. The Morgan fingerprint density at radius 3 is 2.12 bits per heavy atom. The van der Waals surface area contributed by atoms with Crippen LogP contribution < -0.4 is 5.48 Å². The number of thiol groups is 1. The van der Waals surface area contributed by atoms with Gasteiger partial charge in [-0.05, 0) is 13.8 Å². The second-order valence-corrected chi connectivity index (χ2v) is 3.12. The molecule has 1 amide bonds. The molecule has 0 unspecified atom stereocenters. The SMILES string of the molecule is CC(C)(S)C(=O)NO. The molecule has 0 aromatic carbocycles. The second-order valence-electron chi connectivity index (χ2n) is 2.00. The molecular weight excluding hydrogens is 126 g/mol. The number of nitrogens with one attached hydrogen (secondary N) is 1. The summed E-state index contributed by atoms with van der Waals surface area (Å²) in [6, 6.07) is 0. The molecule has 0 radical (unpaired) electrons. The first-order valence-electron chi connectivity index (χ1n) is 2.15. The van der Waals surface area contributed by atoms with Crippen molar-refractivity contribution in [2.45, 2.75) is 18.6 Å². The lowest BCUT2D eigenvalue weighted by molar-refractivity contribution is -0.130. The van der Waals surface area contributed by atoms with Gasteiger partial charge in [0.05, 0.1) is 4.75 Å². The molecule has 0 heterocycles. The summed E-state index contributed by atoms with van der Waals surface area (Å²) in [5.74, 6) is -0.499. The lowest BCUT2D eigenvalue weighted by Crippen LogP contribution is -2.35. The molecule has 0 aliphatic heterocycles. The Labute approximate surface area is 53.4 Å². The van der Waals surface area contributed by atoms with Gasteiger partial charge in [0.15, 0.2) is 0 Å². The smallest absolute Gasteiger partial charge is 0.258 e. The summed E-state index contributed by atoms with van der Waals surface area (Å²) in [5, 5.41) is 8.02. The van der Waals surface area contributed by atoms with Crippen LogP contribution in [-0.2, 0) is 4.79 Å². The number of carbonyl (C=O) groups excluding carboxylic acids is 1. The van der Waals surface area contributed by atoms with E-state index >= 15 is 0 Å². The maximum Gasteiger partial charge on any atom is 0.258 e. The number of hydroxylamine groups is 1. The Kier molecular flexibility index (Phi) is 2.30. The number of carbonyl (C=O) groups is 1. The lowest BCUT2D eigenvalue weighted by Gasteiger charge is -2.12. The average molecular weight is 135 g/mol. The van der Waals surface area contributed by atoms with E-state index < -0.39 is 10.7 Å². The van der Waals surface area contributed by atoms with E-state index in [9.17, 15) is 4.79 Å². The van der Waals surface area contributed by atoms with Crippen molar-refractivity contribution in [3.63, 3.8) is 0 Å². The van der Waals surface area contributed by atoms with Crippen LogP contribution in [0, 0.1) is 0 Å². The van der Waals surface area contributed by atoms with Gasteiger partial charge >= 0.3 is 0 Å². The van der Waals surface area contributed by atoms with Crippen LogP contribution in [0.25, 0.3) is 0 Å². The minimum atomic E-state index is -0.797. The van der Waals surface area contributed by atoms with E-state index in [0.29, 0.717) is 0 Å². The van der Waals surface area contributed by atoms with E-state index in [0.717, 1.165) is 0 Å². The summed E-state index contributed by atoms with van der Waals surface area (Å²) < 4.78 is -0.797. The molecule has 3 nitrogen and oxygen atoms in total. The third kappa shape index (κ3) is 2.18. The second kappa shape index (κ2) is 2.37. The van der Waals surface area contributed by atoms with Crippen LogP contribution in [0.1, 0.15) is 13.8 Å². The van der Waals surface area contributed by atoms with Gasteiger partial charge in [-0.2, -0.15) is 12.6 Å². The molecule has 0 saturated heterocycles. The van der Waals surface area contributed by atoms with Crippen LogP contribution in [0.2, 0.25) is 0 Å². The molecule has 2 N–H and O–H groups in total. The van der Waals surface area contributed by atoms with Gasteiger partial charge in [0.25, 0.3) is 5.91 Å². The zero-order valence-electron chi connectivity index (χ0n) is 4.80. The standard InChI is InChI=1S/C4H9NO2S/c1-4(2,8)3(6)5-7/h7-8H,1-2H3,(H,5,6). The van der Waals surface area contributed by atoms with Crippen LogP contribution in [0.5, 0.6) is 0 Å². The zero-order valence-corrected chi connectivity index (χ0v) is 5.70. The van der Waals surface area contributed by atoms with Crippen LogP contribution in [0.4, 0.5) is 0 Å². The molecule has 0 aliphatic carbocycles. The Bertz CT molecular complexity index is 96.7. The Morgan fingerprint density at radius 2 is 2.12 bits per heavy atom. The van der Waals surface area contributed by atoms with Crippen LogP contribution in [-0.4, -0.2) is 15.9 Å². The molecule has 0 aliphatic rings. The first-order valence-corrected chi connectivity index (χ1v) is 2.60. The predicted molar refractivity (Wildman–Crippen MR) is 33.0 cm³/mol. The van der Waals surface area contributed by atoms with Gasteiger partial charge in [0.2, 0.25) is 0 Å². The largest absolute Gasteiger partial charge is 0.289 e. The van der Waals surface area contributed by atoms with Crippen molar-refractivity contribution in [3.05, 3.63) is 0 Å². The highest BCUT2D eigenvalue weighted by molar-refractivity contribution is 7.82. The molecule has 0 saturated carbocycles. The van der Waals surface area contributed by atoms with Gasteiger partial charge in [-0.1, -0.05) is 0 Å². The van der Waals surface area contributed by atoms with Gasteiger partial charge in [-0.25, -0.2) is 5.48 Å². The van der Waals surface area contributed by atoms with Crippen LogP contribution in [0.3, 0.4) is 0 Å². The third-order valence-corrected chi connectivity index (χ3v) is 0.860. The molecule has 0 fully saturated rings. The van der Waals surface area contributed by atoms with Crippen molar-refractivity contribution in [2.75, 3.05) is 0 Å². The summed E-state index contributed by atoms with van der Waals surface area (Å²) in [5.41, 5.74) is 1.49. The normalized spacial score (nSPS) is 11.0. The summed E-state index contributed by atoms with van der Waals surface area (Å²) in [6.07, 6.45) is 0.